The summed E-state index contributed by atoms with van der Waals surface area (Å²) >= 11 is 0. The van der Waals surface area contributed by atoms with Crippen LogP contribution in [0.3, 0.4) is 0 Å². The van der Waals surface area contributed by atoms with Gasteiger partial charge in [-0.1, -0.05) is 13.0 Å². The lowest BCUT2D eigenvalue weighted by molar-refractivity contribution is 0.0647. The van der Waals surface area contributed by atoms with Gasteiger partial charge in [0.25, 0.3) is 5.56 Å². The normalized spacial score (nSPS) is 17.5. The van der Waals surface area contributed by atoms with E-state index < -0.39 is 0 Å². The molecule has 1 aliphatic heterocycles. The fraction of sp³-hybridized carbons (Fsp3) is 0.545. The van der Waals surface area contributed by atoms with Crippen LogP contribution in [0.1, 0.15) is 63.5 Å². The number of likely N-dealkylation sites (tertiary alicyclic amines) is 1. The van der Waals surface area contributed by atoms with E-state index in [0.717, 1.165) is 17.3 Å². The molecule has 1 fully saturated rings. The summed E-state index contributed by atoms with van der Waals surface area (Å²) in [6.45, 7) is 9.60. The molecule has 0 aliphatic carbocycles. The zero-order valence-electron chi connectivity index (χ0n) is 18.1. The lowest BCUT2D eigenvalue weighted by atomic mass is 9.98. The van der Waals surface area contributed by atoms with Crippen LogP contribution in [0.2, 0.25) is 0 Å². The molecule has 3 aromatic rings. The van der Waals surface area contributed by atoms with E-state index in [1.807, 2.05) is 39.0 Å². The number of aromatic nitrogens is 5. The van der Waals surface area contributed by atoms with Crippen molar-refractivity contribution >= 4 is 10.9 Å². The van der Waals surface area contributed by atoms with Crippen molar-refractivity contribution in [2.75, 3.05) is 13.1 Å². The SMILES string of the molecule is CCc1ccc2[nH]c(=O)c(C(c3nnnn3C(C)(C)C)N3CCC(O)CC3)cc2c1. The fourth-order valence-electron chi connectivity index (χ4n) is 4.18. The van der Waals surface area contributed by atoms with Gasteiger partial charge >= 0.3 is 0 Å². The smallest absolute Gasteiger partial charge is 0.253 e. The van der Waals surface area contributed by atoms with Crippen molar-refractivity contribution in [2.45, 2.75) is 64.6 Å². The topological polar surface area (TPSA) is 99.9 Å². The van der Waals surface area contributed by atoms with Gasteiger partial charge < -0.3 is 10.1 Å². The first kappa shape index (κ1) is 20.7. The van der Waals surface area contributed by atoms with E-state index in [9.17, 15) is 9.90 Å². The molecule has 160 valence electrons. The monoisotopic (exact) mass is 410 g/mol. The van der Waals surface area contributed by atoms with Crippen LogP contribution in [0, 0.1) is 0 Å². The number of pyridine rings is 1. The Morgan fingerprint density at radius 2 is 1.97 bits per heavy atom. The molecule has 0 spiro atoms. The van der Waals surface area contributed by atoms with Crippen molar-refractivity contribution < 1.29 is 5.11 Å². The van der Waals surface area contributed by atoms with E-state index >= 15 is 0 Å². The van der Waals surface area contributed by atoms with Gasteiger partial charge in [-0.2, -0.15) is 0 Å². The van der Waals surface area contributed by atoms with Gasteiger partial charge in [0.05, 0.1) is 11.6 Å². The van der Waals surface area contributed by atoms with Crippen LogP contribution in [-0.2, 0) is 12.0 Å². The highest BCUT2D eigenvalue weighted by molar-refractivity contribution is 5.80. The molecule has 1 atom stereocenters. The van der Waals surface area contributed by atoms with Crippen LogP contribution in [0.25, 0.3) is 10.9 Å². The second kappa shape index (κ2) is 7.92. The van der Waals surface area contributed by atoms with Crippen molar-refractivity contribution in [1.82, 2.24) is 30.1 Å². The first-order valence-electron chi connectivity index (χ1n) is 10.6. The number of hydrogen-bond acceptors (Lipinski definition) is 6. The molecule has 3 heterocycles. The van der Waals surface area contributed by atoms with Gasteiger partial charge in [0, 0.05) is 24.2 Å². The van der Waals surface area contributed by atoms with Crippen LogP contribution in [0.15, 0.2) is 29.1 Å². The average Bonchev–Trinajstić information content (AvgIpc) is 3.19. The Morgan fingerprint density at radius 3 is 2.63 bits per heavy atom. The molecular weight excluding hydrogens is 380 g/mol. The number of rotatable bonds is 4. The number of fused-ring (bicyclic) bond motifs is 1. The van der Waals surface area contributed by atoms with Crippen LogP contribution < -0.4 is 5.56 Å². The molecule has 1 unspecified atom stereocenters. The molecule has 1 aromatic carbocycles. The van der Waals surface area contributed by atoms with Crippen molar-refractivity contribution in [3.63, 3.8) is 0 Å². The summed E-state index contributed by atoms with van der Waals surface area (Å²) < 4.78 is 1.80. The Bertz CT molecular complexity index is 1090. The highest BCUT2D eigenvalue weighted by Crippen LogP contribution is 2.31. The third-order valence-electron chi connectivity index (χ3n) is 5.88. The van der Waals surface area contributed by atoms with E-state index in [1.54, 1.807) is 4.68 Å². The van der Waals surface area contributed by atoms with Gasteiger partial charge in [0.1, 0.15) is 6.04 Å². The number of piperidine rings is 1. The first-order valence-corrected chi connectivity index (χ1v) is 10.6. The number of nitrogens with one attached hydrogen (secondary N) is 1. The van der Waals surface area contributed by atoms with Crippen LogP contribution >= 0.6 is 0 Å². The summed E-state index contributed by atoms with van der Waals surface area (Å²) in [5.41, 5.74) is 2.21. The Morgan fingerprint density at radius 1 is 1.23 bits per heavy atom. The third-order valence-corrected chi connectivity index (χ3v) is 5.88. The molecular formula is C22H30N6O2. The summed E-state index contributed by atoms with van der Waals surface area (Å²) in [6.07, 6.45) is 1.96. The molecule has 0 amide bonds. The van der Waals surface area contributed by atoms with E-state index in [-0.39, 0.29) is 23.2 Å². The maximum atomic E-state index is 13.2. The number of nitrogens with zero attached hydrogens (tertiary/aromatic N) is 5. The summed E-state index contributed by atoms with van der Waals surface area (Å²) in [6, 6.07) is 7.72. The molecule has 8 heteroatoms. The average molecular weight is 411 g/mol. The molecule has 0 radical (unpaired) electrons. The Kier molecular flexibility index (Phi) is 5.46. The molecule has 0 saturated carbocycles. The lowest BCUT2D eigenvalue weighted by Gasteiger charge is -2.36. The van der Waals surface area contributed by atoms with E-state index in [1.165, 1.54) is 5.56 Å². The molecule has 4 rings (SSSR count). The lowest BCUT2D eigenvalue weighted by Crippen LogP contribution is -2.42. The molecule has 1 saturated heterocycles. The highest BCUT2D eigenvalue weighted by Gasteiger charge is 2.34. The van der Waals surface area contributed by atoms with Gasteiger partial charge in [0.15, 0.2) is 5.82 Å². The van der Waals surface area contributed by atoms with Gasteiger partial charge in [-0.05, 0) is 79.6 Å². The maximum Gasteiger partial charge on any atom is 0.253 e. The standard InChI is InChI=1S/C22H30N6O2/c1-5-14-6-7-18-15(12-14)13-17(21(30)23-18)19(27-10-8-16(29)9-11-27)20-24-25-26-28(20)22(2,3)4/h6-7,12-13,16,19,29H,5,8-11H2,1-4H3,(H,23,30). The second-order valence-electron chi connectivity index (χ2n) is 9.12. The van der Waals surface area contributed by atoms with Gasteiger partial charge in [-0.15, -0.1) is 5.10 Å². The van der Waals surface area contributed by atoms with Crippen molar-refractivity contribution in [3.8, 4) is 0 Å². The number of benzene rings is 1. The number of H-pyrrole nitrogens is 1. The number of aliphatic hydroxyl groups excluding tert-OH is 1. The summed E-state index contributed by atoms with van der Waals surface area (Å²) in [4.78, 5) is 18.4. The Balaban J connectivity index is 1.89. The van der Waals surface area contributed by atoms with Gasteiger partial charge in [-0.3, -0.25) is 9.69 Å². The second-order valence-corrected chi connectivity index (χ2v) is 9.12. The minimum Gasteiger partial charge on any atom is -0.393 e. The number of aromatic amines is 1. The third kappa shape index (κ3) is 3.89. The molecule has 30 heavy (non-hydrogen) atoms. The van der Waals surface area contributed by atoms with Gasteiger partial charge in [0.2, 0.25) is 0 Å². The van der Waals surface area contributed by atoms with E-state index in [4.69, 9.17) is 0 Å². The van der Waals surface area contributed by atoms with Crippen molar-refractivity contribution in [3.05, 3.63) is 51.6 Å². The summed E-state index contributed by atoms with van der Waals surface area (Å²) in [7, 11) is 0. The number of tetrazole rings is 1. The largest absolute Gasteiger partial charge is 0.393 e. The Labute approximate surface area is 175 Å². The van der Waals surface area contributed by atoms with Crippen LogP contribution in [0.5, 0.6) is 0 Å². The number of aryl methyl sites for hydroxylation is 1. The summed E-state index contributed by atoms with van der Waals surface area (Å²) in [5, 5.41) is 23.5. The fourth-order valence-corrected chi connectivity index (χ4v) is 4.18. The van der Waals surface area contributed by atoms with Crippen molar-refractivity contribution in [2.24, 2.45) is 0 Å². The molecule has 2 N–H and O–H groups in total. The molecule has 8 nitrogen and oxygen atoms in total. The molecule has 0 bridgehead atoms. The first-order chi connectivity index (χ1) is 14.3. The maximum absolute atomic E-state index is 13.2. The number of hydrogen-bond donors (Lipinski definition) is 2. The Hall–Kier alpha value is -2.58. The zero-order valence-corrected chi connectivity index (χ0v) is 18.1. The van der Waals surface area contributed by atoms with Gasteiger partial charge in [-0.25, -0.2) is 4.68 Å². The highest BCUT2D eigenvalue weighted by atomic mass is 16.3. The molecule has 1 aliphatic rings. The van der Waals surface area contributed by atoms with Crippen LogP contribution in [0.4, 0.5) is 0 Å². The minimum absolute atomic E-state index is 0.133. The van der Waals surface area contributed by atoms with Crippen molar-refractivity contribution in [1.29, 1.82) is 0 Å². The molecule has 2 aromatic heterocycles. The summed E-state index contributed by atoms with van der Waals surface area (Å²) in [5.74, 6) is 0.649. The quantitative estimate of drug-likeness (QED) is 0.685. The predicted molar refractivity (Wildman–Crippen MR) is 115 cm³/mol. The van der Waals surface area contributed by atoms with E-state index in [2.05, 4.69) is 38.4 Å². The number of aliphatic hydroxyl groups is 1. The minimum atomic E-state index is -0.384. The predicted octanol–water partition coefficient (Wildman–Crippen LogP) is 2.38. The van der Waals surface area contributed by atoms with Crippen LogP contribution in [-0.4, -0.2) is 54.4 Å². The zero-order chi connectivity index (χ0) is 21.5. The van der Waals surface area contributed by atoms with E-state index in [0.29, 0.717) is 37.3 Å².